The third kappa shape index (κ3) is 4.35. The Morgan fingerprint density at radius 1 is 0.880 bits per heavy atom. The summed E-state index contributed by atoms with van der Waals surface area (Å²) >= 11 is 0. The van der Waals surface area contributed by atoms with Gasteiger partial charge in [-0.1, -0.05) is 42.5 Å². The standard InChI is InChI=1S/C20H18N2O3/c23-19(16-11-13-25-14-16)22-18-9-5-4-8-17(18)20(24)21-12-10-15-6-2-1-3-7-15/h1-9,11,13-14H,10,12H2,(H,21,24)(H,22,23). The van der Waals surface area contributed by atoms with Crippen LogP contribution in [0, 0.1) is 0 Å². The summed E-state index contributed by atoms with van der Waals surface area (Å²) in [5.74, 6) is -0.544. The van der Waals surface area contributed by atoms with Crippen LogP contribution in [0.3, 0.4) is 0 Å². The molecule has 0 aliphatic heterocycles. The second-order valence-corrected chi connectivity index (χ2v) is 5.50. The highest BCUT2D eigenvalue weighted by atomic mass is 16.3. The topological polar surface area (TPSA) is 71.3 Å². The van der Waals surface area contributed by atoms with E-state index in [1.54, 1.807) is 30.3 Å². The lowest BCUT2D eigenvalue weighted by Gasteiger charge is -2.11. The largest absolute Gasteiger partial charge is 0.472 e. The van der Waals surface area contributed by atoms with Gasteiger partial charge in [0.15, 0.2) is 0 Å². The highest BCUT2D eigenvalue weighted by molar-refractivity contribution is 6.08. The van der Waals surface area contributed by atoms with Crippen LogP contribution in [0.4, 0.5) is 5.69 Å². The summed E-state index contributed by atoms with van der Waals surface area (Å²) in [6.07, 6.45) is 3.53. The zero-order valence-electron chi connectivity index (χ0n) is 13.6. The number of hydrogen-bond donors (Lipinski definition) is 2. The van der Waals surface area contributed by atoms with E-state index < -0.39 is 0 Å². The fourth-order valence-electron chi connectivity index (χ4n) is 2.44. The van der Waals surface area contributed by atoms with Crippen LogP contribution in [0.1, 0.15) is 26.3 Å². The molecule has 2 N–H and O–H groups in total. The smallest absolute Gasteiger partial charge is 0.258 e. The Morgan fingerprint density at radius 3 is 2.40 bits per heavy atom. The number of para-hydroxylation sites is 1. The van der Waals surface area contributed by atoms with Crippen molar-refractivity contribution < 1.29 is 14.0 Å². The van der Waals surface area contributed by atoms with Gasteiger partial charge in [0.2, 0.25) is 0 Å². The number of anilines is 1. The van der Waals surface area contributed by atoms with E-state index in [0.717, 1.165) is 12.0 Å². The van der Waals surface area contributed by atoms with Crippen LogP contribution in [0.15, 0.2) is 77.6 Å². The summed E-state index contributed by atoms with van der Waals surface area (Å²) < 4.78 is 4.91. The van der Waals surface area contributed by atoms with Crippen LogP contribution in [-0.4, -0.2) is 18.4 Å². The maximum atomic E-state index is 12.4. The summed E-state index contributed by atoms with van der Waals surface area (Å²) in [6, 6.07) is 18.4. The molecule has 0 saturated carbocycles. The quantitative estimate of drug-likeness (QED) is 0.725. The normalized spacial score (nSPS) is 10.2. The molecule has 0 aliphatic rings. The molecule has 0 aliphatic carbocycles. The van der Waals surface area contributed by atoms with Crippen molar-refractivity contribution in [2.24, 2.45) is 0 Å². The Kier molecular flexibility index (Phi) is 5.26. The molecule has 5 heteroatoms. The molecular weight excluding hydrogens is 316 g/mol. The number of carbonyl (C=O) groups is 2. The lowest BCUT2D eigenvalue weighted by molar-refractivity contribution is 0.0955. The van der Waals surface area contributed by atoms with Crippen molar-refractivity contribution in [3.05, 3.63) is 89.9 Å². The molecule has 1 aromatic heterocycles. The molecule has 3 aromatic rings. The zero-order chi connectivity index (χ0) is 17.5. The van der Waals surface area contributed by atoms with Gasteiger partial charge < -0.3 is 15.1 Å². The molecule has 0 unspecified atom stereocenters. The summed E-state index contributed by atoms with van der Waals surface area (Å²) in [5.41, 5.74) is 2.45. The first kappa shape index (κ1) is 16.5. The minimum Gasteiger partial charge on any atom is -0.472 e. The Hall–Kier alpha value is -3.34. The number of rotatable bonds is 6. The summed E-state index contributed by atoms with van der Waals surface area (Å²) in [5, 5.41) is 5.63. The van der Waals surface area contributed by atoms with Crippen molar-refractivity contribution >= 4 is 17.5 Å². The Bertz CT molecular complexity index is 842. The third-order valence-corrected chi connectivity index (χ3v) is 3.75. The van der Waals surface area contributed by atoms with Gasteiger partial charge in [-0.3, -0.25) is 9.59 Å². The van der Waals surface area contributed by atoms with Gasteiger partial charge >= 0.3 is 0 Å². The van der Waals surface area contributed by atoms with E-state index in [4.69, 9.17) is 4.42 Å². The fraction of sp³-hybridized carbons (Fsp3) is 0.100. The van der Waals surface area contributed by atoms with E-state index in [0.29, 0.717) is 23.4 Å². The lowest BCUT2D eigenvalue weighted by atomic mass is 10.1. The molecule has 2 aromatic carbocycles. The summed E-state index contributed by atoms with van der Waals surface area (Å²) in [7, 11) is 0. The van der Waals surface area contributed by atoms with Crippen molar-refractivity contribution in [1.82, 2.24) is 5.32 Å². The molecule has 0 saturated heterocycles. The first-order valence-electron chi connectivity index (χ1n) is 7.99. The number of hydrogen-bond acceptors (Lipinski definition) is 3. The van der Waals surface area contributed by atoms with Gasteiger partial charge in [-0.15, -0.1) is 0 Å². The van der Waals surface area contributed by atoms with Crippen LogP contribution in [0.5, 0.6) is 0 Å². The number of furan rings is 1. The van der Waals surface area contributed by atoms with Gasteiger partial charge in [0.25, 0.3) is 11.8 Å². The number of benzene rings is 2. The Balaban J connectivity index is 1.63. The molecule has 0 radical (unpaired) electrons. The van der Waals surface area contributed by atoms with Gasteiger partial charge in [0.05, 0.1) is 23.1 Å². The predicted molar refractivity (Wildman–Crippen MR) is 95.6 cm³/mol. The monoisotopic (exact) mass is 334 g/mol. The third-order valence-electron chi connectivity index (χ3n) is 3.75. The lowest BCUT2D eigenvalue weighted by Crippen LogP contribution is -2.27. The van der Waals surface area contributed by atoms with Gasteiger partial charge in [0, 0.05) is 6.54 Å². The van der Waals surface area contributed by atoms with Gasteiger partial charge in [0.1, 0.15) is 6.26 Å². The average Bonchev–Trinajstić information content (AvgIpc) is 3.18. The van der Waals surface area contributed by atoms with Gasteiger partial charge in [-0.25, -0.2) is 0 Å². The average molecular weight is 334 g/mol. The Labute approximate surface area is 145 Å². The van der Waals surface area contributed by atoms with Crippen molar-refractivity contribution in [3.63, 3.8) is 0 Å². The molecule has 0 spiro atoms. The van der Waals surface area contributed by atoms with E-state index in [1.165, 1.54) is 12.5 Å². The molecule has 1 heterocycles. The molecule has 126 valence electrons. The number of nitrogens with one attached hydrogen (secondary N) is 2. The predicted octanol–water partition coefficient (Wildman–Crippen LogP) is 3.50. The van der Waals surface area contributed by atoms with Crippen molar-refractivity contribution in [2.75, 3.05) is 11.9 Å². The molecule has 3 rings (SSSR count). The van der Waals surface area contributed by atoms with Crippen LogP contribution in [0.25, 0.3) is 0 Å². The van der Waals surface area contributed by atoms with Crippen molar-refractivity contribution in [2.45, 2.75) is 6.42 Å². The number of carbonyl (C=O) groups excluding carboxylic acids is 2. The van der Waals surface area contributed by atoms with Crippen molar-refractivity contribution in [1.29, 1.82) is 0 Å². The van der Waals surface area contributed by atoms with Crippen LogP contribution < -0.4 is 10.6 Å². The number of amides is 2. The van der Waals surface area contributed by atoms with Crippen LogP contribution in [-0.2, 0) is 6.42 Å². The van der Waals surface area contributed by atoms with E-state index in [9.17, 15) is 9.59 Å². The first-order valence-corrected chi connectivity index (χ1v) is 7.99. The van der Waals surface area contributed by atoms with Gasteiger partial charge in [-0.2, -0.15) is 0 Å². The van der Waals surface area contributed by atoms with E-state index in [2.05, 4.69) is 10.6 Å². The second-order valence-electron chi connectivity index (χ2n) is 5.50. The molecule has 25 heavy (non-hydrogen) atoms. The highest BCUT2D eigenvalue weighted by Crippen LogP contribution is 2.16. The minimum atomic E-state index is -0.321. The molecule has 2 amide bonds. The van der Waals surface area contributed by atoms with Crippen molar-refractivity contribution in [3.8, 4) is 0 Å². The van der Waals surface area contributed by atoms with Crippen LogP contribution >= 0.6 is 0 Å². The molecule has 0 bridgehead atoms. The maximum absolute atomic E-state index is 12.4. The fourth-order valence-corrected chi connectivity index (χ4v) is 2.44. The minimum absolute atomic E-state index is 0.223. The van der Waals surface area contributed by atoms with E-state index in [1.807, 2.05) is 30.3 Å². The summed E-state index contributed by atoms with van der Waals surface area (Å²) in [6.45, 7) is 0.521. The van der Waals surface area contributed by atoms with E-state index >= 15 is 0 Å². The molecule has 5 nitrogen and oxygen atoms in total. The Morgan fingerprint density at radius 2 is 1.64 bits per heavy atom. The summed E-state index contributed by atoms with van der Waals surface area (Å²) in [4.78, 5) is 24.6. The van der Waals surface area contributed by atoms with Gasteiger partial charge in [-0.05, 0) is 30.2 Å². The van der Waals surface area contributed by atoms with Crippen LogP contribution in [0.2, 0.25) is 0 Å². The molecular formula is C20H18N2O3. The molecule has 0 atom stereocenters. The highest BCUT2D eigenvalue weighted by Gasteiger charge is 2.14. The zero-order valence-corrected chi connectivity index (χ0v) is 13.6. The van der Waals surface area contributed by atoms with E-state index in [-0.39, 0.29) is 11.8 Å². The SMILES string of the molecule is O=C(Nc1ccccc1C(=O)NCCc1ccccc1)c1ccoc1. The first-order chi connectivity index (χ1) is 12.2. The maximum Gasteiger partial charge on any atom is 0.258 e. The molecule has 0 fully saturated rings. The second kappa shape index (κ2) is 7.97.